The van der Waals surface area contributed by atoms with Gasteiger partial charge in [0.1, 0.15) is 22.6 Å². The zero-order valence-corrected chi connectivity index (χ0v) is 67.1. The predicted octanol–water partition coefficient (Wildman–Crippen LogP) is 26.0. The quantitative estimate of drug-likeness (QED) is 0.105. The summed E-state index contributed by atoms with van der Waals surface area (Å²) in [5, 5.41) is 9.82. The van der Waals surface area contributed by atoms with Gasteiger partial charge in [-0.2, -0.15) is 9.97 Å². The Hall–Kier alpha value is -17.6. The maximum absolute atomic E-state index is 5.99. The summed E-state index contributed by atoms with van der Waals surface area (Å²) in [5.41, 5.74) is 27.3. The molecule has 0 fully saturated rings. The summed E-state index contributed by atoms with van der Waals surface area (Å²) in [6, 6.07) is 108. The molecule has 0 saturated carbocycles. The summed E-state index contributed by atoms with van der Waals surface area (Å²) in [6.45, 7) is 0. The Kier molecular flexibility index (Phi) is 18.4. The number of para-hydroxylation sites is 3. The Labute approximate surface area is 719 Å². The van der Waals surface area contributed by atoms with Crippen molar-refractivity contribution >= 4 is 98.3 Å². The molecular formula is C108H67N15O3. The van der Waals surface area contributed by atoms with E-state index in [9.17, 15) is 0 Å². The highest BCUT2D eigenvalue weighted by molar-refractivity contribution is 6.22. The first-order valence-electron chi connectivity index (χ1n) is 41.2. The van der Waals surface area contributed by atoms with Crippen molar-refractivity contribution in [3.8, 4) is 130 Å². The van der Waals surface area contributed by atoms with Crippen LogP contribution in [0.1, 0.15) is 0 Å². The summed E-state index contributed by atoms with van der Waals surface area (Å²) >= 11 is 0. The van der Waals surface area contributed by atoms with E-state index in [0.717, 1.165) is 199 Å². The van der Waals surface area contributed by atoms with Crippen LogP contribution >= 0.6 is 0 Å². The number of furan rings is 3. The number of hydrogen-bond acceptors (Lipinski definition) is 15. The smallest absolute Gasteiger partial charge is 0.238 e. The van der Waals surface area contributed by atoms with E-state index in [0.29, 0.717) is 23.4 Å². The molecule has 25 rings (SSSR count). The van der Waals surface area contributed by atoms with E-state index < -0.39 is 0 Å². The molecule has 10 aromatic carbocycles. The van der Waals surface area contributed by atoms with Crippen molar-refractivity contribution in [3.63, 3.8) is 0 Å². The Balaban J connectivity index is 0.000000109. The second-order valence-corrected chi connectivity index (χ2v) is 30.5. The maximum atomic E-state index is 5.99. The highest BCUT2D eigenvalue weighted by Crippen LogP contribution is 2.43. The van der Waals surface area contributed by atoms with Gasteiger partial charge in [0, 0.05) is 152 Å². The third-order valence-corrected chi connectivity index (χ3v) is 23.2. The number of pyridine rings is 7. The number of fused-ring (bicyclic) bond motifs is 15. The Morgan fingerprint density at radius 2 is 0.532 bits per heavy atom. The average Bonchev–Trinajstić information content (AvgIpc) is 1.58. The molecule has 0 unspecified atom stereocenters. The molecule has 0 aliphatic heterocycles. The summed E-state index contributed by atoms with van der Waals surface area (Å²) in [5.74, 6) is 3.12. The van der Waals surface area contributed by atoms with Crippen LogP contribution in [0.2, 0.25) is 0 Å². The second-order valence-electron chi connectivity index (χ2n) is 30.5. The van der Waals surface area contributed by atoms with E-state index in [1.54, 1.807) is 56.0 Å². The molecule has 0 saturated heterocycles. The summed E-state index contributed by atoms with van der Waals surface area (Å²) in [7, 11) is 0. The molecule has 25 aromatic rings. The molecule has 0 radical (unpaired) electrons. The predicted molar refractivity (Wildman–Crippen MR) is 500 cm³/mol. The molecule has 126 heavy (non-hydrogen) atoms. The van der Waals surface area contributed by atoms with Crippen molar-refractivity contribution in [2.24, 2.45) is 0 Å². The molecule has 0 amide bonds. The fourth-order valence-corrected chi connectivity index (χ4v) is 17.2. The van der Waals surface area contributed by atoms with Crippen LogP contribution in [0.4, 0.5) is 0 Å². The van der Waals surface area contributed by atoms with Crippen LogP contribution in [0.5, 0.6) is 0 Å². The Bertz CT molecular complexity index is 8060. The van der Waals surface area contributed by atoms with Gasteiger partial charge in [-0.3, -0.25) is 39.0 Å². The van der Waals surface area contributed by atoms with Crippen LogP contribution in [-0.4, -0.2) is 73.5 Å². The van der Waals surface area contributed by atoms with Crippen LogP contribution in [0.25, 0.3) is 228 Å². The van der Waals surface area contributed by atoms with Gasteiger partial charge >= 0.3 is 0 Å². The van der Waals surface area contributed by atoms with Crippen molar-refractivity contribution in [2.75, 3.05) is 0 Å². The molecule has 15 heterocycles. The van der Waals surface area contributed by atoms with Crippen molar-refractivity contribution in [3.05, 3.63) is 409 Å². The number of nitrogens with zero attached hydrogens (tertiary/aromatic N) is 15. The van der Waals surface area contributed by atoms with Gasteiger partial charge < -0.3 is 17.8 Å². The lowest BCUT2D eigenvalue weighted by atomic mass is 9.98. The van der Waals surface area contributed by atoms with Crippen LogP contribution in [0.3, 0.4) is 0 Å². The molecule has 0 aliphatic carbocycles. The minimum atomic E-state index is 0.534. The monoisotopic (exact) mass is 1620 g/mol. The van der Waals surface area contributed by atoms with Crippen LogP contribution in [0.15, 0.2) is 422 Å². The van der Waals surface area contributed by atoms with Crippen molar-refractivity contribution in [1.29, 1.82) is 0 Å². The molecule has 15 aromatic heterocycles. The van der Waals surface area contributed by atoms with E-state index in [4.69, 9.17) is 43.2 Å². The van der Waals surface area contributed by atoms with E-state index in [-0.39, 0.29) is 0 Å². The molecule has 0 spiro atoms. The summed E-state index contributed by atoms with van der Waals surface area (Å²) in [6.07, 6.45) is 26.7. The first-order chi connectivity index (χ1) is 62.5. The molecule has 0 atom stereocenters. The van der Waals surface area contributed by atoms with Gasteiger partial charge in [0.25, 0.3) is 0 Å². The second kappa shape index (κ2) is 31.5. The summed E-state index contributed by atoms with van der Waals surface area (Å²) in [4.78, 5) is 55.2. The Morgan fingerprint density at radius 1 is 0.198 bits per heavy atom. The van der Waals surface area contributed by atoms with Gasteiger partial charge in [-0.1, -0.05) is 140 Å². The first-order valence-corrected chi connectivity index (χ1v) is 41.2. The maximum Gasteiger partial charge on any atom is 0.238 e. The number of rotatable bonds is 13. The van der Waals surface area contributed by atoms with E-state index in [1.807, 2.05) is 152 Å². The van der Waals surface area contributed by atoms with Gasteiger partial charge in [-0.05, 0) is 214 Å². The number of benzene rings is 10. The lowest BCUT2D eigenvalue weighted by Crippen LogP contribution is -2.06. The minimum absolute atomic E-state index is 0.534. The SMILES string of the molecule is c1cc(-c2cc(-c3ccc(-c4ccncc4)cc3)cc(-c3ccncc3)n2)cc(-n2c3ccccc3c3c4occc4ccc32)c1.c1ccc2c(c1)c1c3occc3ccc1n2-c1cc(-c2ccc(-c3ccncc3)cc2)nc(-c2ccncc2)n1.c1ccc2c(c1)c1c3occc3ccc1n2-c1nc(-c2ccncc2)nc(-c2ccc(-c3ccncc3)cc2)n1. The fraction of sp³-hybridized carbons (Fsp3) is 0. The van der Waals surface area contributed by atoms with Crippen LogP contribution in [0, 0.1) is 0 Å². The molecule has 592 valence electrons. The van der Waals surface area contributed by atoms with Crippen molar-refractivity contribution in [1.82, 2.24) is 73.5 Å². The third kappa shape index (κ3) is 13.4. The van der Waals surface area contributed by atoms with Gasteiger partial charge in [0.2, 0.25) is 5.95 Å². The molecule has 0 bridgehead atoms. The van der Waals surface area contributed by atoms with Gasteiger partial charge in [-0.25, -0.2) is 19.9 Å². The average molecular weight is 1620 g/mol. The van der Waals surface area contributed by atoms with Gasteiger partial charge in [0.05, 0.1) is 85.1 Å². The first kappa shape index (κ1) is 73.5. The fourth-order valence-electron chi connectivity index (χ4n) is 17.2. The Morgan fingerprint density at radius 3 is 0.992 bits per heavy atom. The zero-order chi connectivity index (χ0) is 83.4. The zero-order valence-electron chi connectivity index (χ0n) is 67.1. The van der Waals surface area contributed by atoms with E-state index in [2.05, 4.69) is 244 Å². The van der Waals surface area contributed by atoms with Crippen molar-refractivity contribution in [2.45, 2.75) is 0 Å². The van der Waals surface area contributed by atoms with Crippen LogP contribution < -0.4 is 0 Å². The summed E-state index contributed by atoms with van der Waals surface area (Å²) < 4.78 is 24.5. The molecule has 0 N–H and O–H groups in total. The van der Waals surface area contributed by atoms with E-state index in [1.165, 1.54) is 5.39 Å². The van der Waals surface area contributed by atoms with E-state index >= 15 is 0 Å². The highest BCUT2D eigenvalue weighted by Gasteiger charge is 2.25. The lowest BCUT2D eigenvalue weighted by molar-refractivity contribution is 0.619. The van der Waals surface area contributed by atoms with Crippen molar-refractivity contribution < 1.29 is 13.3 Å². The normalized spacial score (nSPS) is 11.5. The van der Waals surface area contributed by atoms with Crippen LogP contribution in [-0.2, 0) is 0 Å². The topological polar surface area (TPSA) is 209 Å². The van der Waals surface area contributed by atoms with Gasteiger partial charge in [0.15, 0.2) is 17.5 Å². The third-order valence-electron chi connectivity index (χ3n) is 23.2. The number of aromatic nitrogens is 15. The number of hydrogen-bond donors (Lipinski definition) is 0. The molecule has 0 aliphatic rings. The minimum Gasteiger partial charge on any atom is -0.464 e. The molecular weight excluding hydrogens is 1560 g/mol. The highest BCUT2D eigenvalue weighted by atomic mass is 16.3. The molecule has 18 nitrogen and oxygen atoms in total. The standard InChI is InChI=1S/C41H26N4O.C34H21N5O.C33H20N6O/c1-2-7-38-35(6-1)40-39(13-12-31-18-23-46-41(31)40)45(38)34-5-3-4-32(24-34)37-26-33(25-36(44-37)30-16-21-43-22-17-30)28-10-8-27(9-11-28)29-14-19-42-20-15-29;1-2-4-29-27(3-1)32-30(10-9-25-15-20-40-33(25)32)39(29)31-21-28(37-34(38-31)26-13-18-36-19-14-26)24-7-5-22(6-8-24)23-11-16-35-17-12-23;1-2-4-27-26(3-1)29-28(10-9-23-15-20-40-30(23)29)39(27)33-37-31(36-32(38-33)25-13-18-35-19-14-25)24-7-5-21(6-8-24)22-11-16-34-17-12-22/h1-26H;1-21H;1-20H. The lowest BCUT2D eigenvalue weighted by Gasteiger charge is -2.13. The van der Waals surface area contributed by atoms with Gasteiger partial charge in [-0.15, -0.1) is 0 Å². The largest absolute Gasteiger partial charge is 0.464 e. The molecule has 18 heteroatoms.